The summed E-state index contributed by atoms with van der Waals surface area (Å²) in [5.74, 6) is -1.14. The molecule has 0 aliphatic rings. The molecule has 0 saturated heterocycles. The van der Waals surface area contributed by atoms with Gasteiger partial charge in [0.25, 0.3) is 0 Å². The third-order valence-corrected chi connectivity index (χ3v) is 2.35. The lowest BCUT2D eigenvalue weighted by molar-refractivity contribution is -0.142. The molecule has 0 saturated carbocycles. The average Bonchev–Trinajstić information content (AvgIpc) is 2.54. The molecule has 0 aliphatic carbocycles. The van der Waals surface area contributed by atoms with Gasteiger partial charge in [0, 0.05) is 6.54 Å². The van der Waals surface area contributed by atoms with Crippen molar-refractivity contribution in [2.75, 3.05) is 0 Å². The average molecular weight is 241 g/mol. The molecule has 1 aromatic heterocycles. The number of carboxylic acid groups (broad SMARTS) is 1. The van der Waals surface area contributed by atoms with Crippen LogP contribution in [0.3, 0.4) is 0 Å². The number of carbonyl (C=O) groups is 1. The maximum absolute atomic E-state index is 11.1. The zero-order valence-electron chi connectivity index (χ0n) is 9.71. The van der Waals surface area contributed by atoms with Gasteiger partial charge in [0.15, 0.2) is 5.82 Å². The predicted molar refractivity (Wildman–Crippen MR) is 59.5 cm³/mol. The molecule has 0 amide bonds. The Morgan fingerprint density at radius 1 is 1.65 bits per heavy atom. The number of nitrogens with two attached hydrogens (primary N) is 1. The third-order valence-electron chi connectivity index (χ3n) is 2.35. The van der Waals surface area contributed by atoms with Crippen molar-refractivity contribution in [3.8, 4) is 0 Å². The van der Waals surface area contributed by atoms with E-state index in [1.807, 2.05) is 0 Å². The number of hydrogen-bond acceptors (Lipinski definition) is 5. The lowest BCUT2D eigenvalue weighted by atomic mass is 10.00. The highest BCUT2D eigenvalue weighted by Gasteiger charge is 2.25. The Morgan fingerprint density at radius 2 is 2.29 bits per heavy atom. The summed E-state index contributed by atoms with van der Waals surface area (Å²) < 4.78 is 5.76. The van der Waals surface area contributed by atoms with Crippen molar-refractivity contribution < 1.29 is 14.4 Å². The van der Waals surface area contributed by atoms with Crippen LogP contribution in [0.1, 0.15) is 19.2 Å². The summed E-state index contributed by atoms with van der Waals surface area (Å²) >= 11 is 0. The summed E-state index contributed by atoms with van der Waals surface area (Å²) in [5.41, 5.74) is 4.23. The molecule has 0 aliphatic heterocycles. The molecule has 1 aromatic rings. The Morgan fingerprint density at radius 3 is 2.76 bits per heavy atom. The smallest absolute Gasteiger partial charge is 0.441 e. The second kappa shape index (κ2) is 4.96. The Hall–Kier alpha value is -1.89. The minimum atomic E-state index is -1.30. The quantitative estimate of drug-likeness (QED) is 0.696. The van der Waals surface area contributed by atoms with Crippen LogP contribution in [0, 0.1) is 6.92 Å². The maximum Gasteiger partial charge on any atom is 0.441 e. The van der Waals surface area contributed by atoms with Gasteiger partial charge in [-0.15, -0.1) is 0 Å². The summed E-state index contributed by atoms with van der Waals surface area (Å²) in [6.45, 7) is 3.35. The lowest BCUT2D eigenvalue weighted by Gasteiger charge is -2.16. The Kier molecular flexibility index (Phi) is 3.84. The highest BCUT2D eigenvalue weighted by Crippen LogP contribution is 2.06. The molecule has 0 bridgehead atoms. The fraction of sp³-hybridized carbons (Fsp3) is 0.500. The molecule has 0 spiro atoms. The van der Waals surface area contributed by atoms with E-state index in [4.69, 9.17) is 10.8 Å². The molecule has 1 rings (SSSR count). The molecule has 94 valence electrons. The van der Waals surface area contributed by atoms with Crippen LogP contribution in [0.2, 0.25) is 0 Å². The van der Waals surface area contributed by atoms with Gasteiger partial charge in [-0.25, -0.2) is 4.79 Å². The molecule has 0 radical (unpaired) electrons. The zero-order valence-corrected chi connectivity index (χ0v) is 9.71. The number of aliphatic carboxylic acids is 1. The van der Waals surface area contributed by atoms with Gasteiger partial charge >= 0.3 is 11.7 Å². The van der Waals surface area contributed by atoms with Crippen LogP contribution in [0.5, 0.6) is 0 Å². The number of hydrogen-bond donors (Lipinski definition) is 2. The Labute approximate surface area is 97.5 Å². The van der Waals surface area contributed by atoms with Crippen LogP contribution in [0.15, 0.2) is 21.5 Å². The number of rotatable bonds is 5. The third kappa shape index (κ3) is 3.28. The van der Waals surface area contributed by atoms with E-state index >= 15 is 0 Å². The van der Waals surface area contributed by atoms with E-state index in [1.54, 1.807) is 19.1 Å². The summed E-state index contributed by atoms with van der Waals surface area (Å²) in [4.78, 5) is 21.8. The molecule has 0 fully saturated rings. The van der Waals surface area contributed by atoms with Crippen LogP contribution in [-0.2, 0) is 11.3 Å². The second-order valence-electron chi connectivity index (χ2n) is 4.00. The van der Waals surface area contributed by atoms with Gasteiger partial charge in [0.2, 0.25) is 0 Å². The van der Waals surface area contributed by atoms with Gasteiger partial charge in [0.05, 0.1) is 0 Å². The monoisotopic (exact) mass is 241 g/mol. The minimum Gasteiger partial charge on any atom is -0.480 e. The van der Waals surface area contributed by atoms with Crippen LogP contribution < -0.4 is 11.5 Å². The van der Waals surface area contributed by atoms with Crippen LogP contribution in [-0.4, -0.2) is 26.3 Å². The predicted octanol–water partition coefficient (Wildman–Crippen LogP) is -0.107. The Balaban J connectivity index is 2.58. The first-order valence-electron chi connectivity index (χ1n) is 5.05. The van der Waals surface area contributed by atoms with Crippen molar-refractivity contribution >= 4 is 5.97 Å². The van der Waals surface area contributed by atoms with Crippen molar-refractivity contribution in [1.29, 1.82) is 0 Å². The lowest BCUT2D eigenvalue weighted by Crippen LogP contribution is -2.44. The molecule has 0 unspecified atom stereocenters. The van der Waals surface area contributed by atoms with E-state index in [0.717, 1.165) is 0 Å². The molecule has 0 aromatic carbocycles. The first-order valence-corrected chi connectivity index (χ1v) is 5.05. The molecule has 3 N–H and O–H groups in total. The molecule has 17 heavy (non-hydrogen) atoms. The van der Waals surface area contributed by atoms with Crippen LogP contribution in [0.4, 0.5) is 0 Å². The largest absolute Gasteiger partial charge is 0.480 e. The number of carboxylic acids is 1. The van der Waals surface area contributed by atoms with Gasteiger partial charge in [-0.3, -0.25) is 13.9 Å². The first kappa shape index (κ1) is 13.2. The van der Waals surface area contributed by atoms with Crippen molar-refractivity contribution in [2.24, 2.45) is 5.73 Å². The fourth-order valence-electron chi connectivity index (χ4n) is 1.14. The van der Waals surface area contributed by atoms with Gasteiger partial charge in [-0.05, 0) is 20.3 Å². The zero-order chi connectivity index (χ0) is 13.1. The van der Waals surface area contributed by atoms with Gasteiger partial charge in [-0.1, -0.05) is 17.3 Å². The summed E-state index contributed by atoms with van der Waals surface area (Å²) in [6.07, 6.45) is 3.45. The van der Waals surface area contributed by atoms with E-state index in [-0.39, 0.29) is 13.0 Å². The summed E-state index contributed by atoms with van der Waals surface area (Å²) in [5, 5.41) is 12.3. The molecular formula is C10H15N3O4. The van der Waals surface area contributed by atoms with Crippen molar-refractivity contribution in [2.45, 2.75) is 32.4 Å². The fourth-order valence-corrected chi connectivity index (χ4v) is 1.14. The highest BCUT2D eigenvalue weighted by atomic mass is 16.5. The maximum atomic E-state index is 11.1. The molecule has 7 heteroatoms. The molecular weight excluding hydrogens is 226 g/mol. The summed E-state index contributed by atoms with van der Waals surface area (Å²) in [6, 6.07) is 0. The minimum absolute atomic E-state index is 0.182. The standard InChI is InChI=1S/C10H15N3O4/c1-7-12-17-9(16)13(7)6-4-3-5-10(2,11)8(14)15/h3-4H,5-6,11H2,1-2H3,(H,14,15)/t10-/m0/s1. The van der Waals surface area contributed by atoms with Gasteiger partial charge in [-0.2, -0.15) is 0 Å². The number of aromatic nitrogens is 2. The highest BCUT2D eigenvalue weighted by molar-refractivity contribution is 5.78. The SMILES string of the molecule is Cc1noc(=O)n1CC=CC[C@](C)(N)C(=O)O. The number of aryl methyl sites for hydroxylation is 1. The molecule has 1 heterocycles. The van der Waals surface area contributed by atoms with E-state index < -0.39 is 17.3 Å². The van der Waals surface area contributed by atoms with Crippen molar-refractivity contribution in [1.82, 2.24) is 9.72 Å². The number of nitrogens with zero attached hydrogens (tertiary/aromatic N) is 2. The van der Waals surface area contributed by atoms with E-state index in [1.165, 1.54) is 11.5 Å². The summed E-state index contributed by atoms with van der Waals surface area (Å²) in [7, 11) is 0. The first-order chi connectivity index (χ1) is 7.84. The van der Waals surface area contributed by atoms with Gasteiger partial charge < -0.3 is 10.8 Å². The van der Waals surface area contributed by atoms with Crippen molar-refractivity contribution in [3.05, 3.63) is 28.5 Å². The van der Waals surface area contributed by atoms with E-state index in [2.05, 4.69) is 9.68 Å². The second-order valence-corrected chi connectivity index (χ2v) is 4.00. The van der Waals surface area contributed by atoms with Crippen LogP contribution in [0.25, 0.3) is 0 Å². The van der Waals surface area contributed by atoms with E-state index in [9.17, 15) is 9.59 Å². The van der Waals surface area contributed by atoms with Crippen molar-refractivity contribution in [3.63, 3.8) is 0 Å². The van der Waals surface area contributed by atoms with E-state index in [0.29, 0.717) is 5.82 Å². The Bertz CT molecular complexity index is 484. The van der Waals surface area contributed by atoms with Crippen LogP contribution >= 0.6 is 0 Å². The number of allylic oxidation sites excluding steroid dienone is 1. The topological polar surface area (TPSA) is 111 Å². The van der Waals surface area contributed by atoms with Gasteiger partial charge in [0.1, 0.15) is 5.54 Å². The normalized spacial score (nSPS) is 15.0. The molecule has 1 atom stereocenters. The molecule has 7 nitrogen and oxygen atoms in total.